The maximum Gasteiger partial charge on any atom is 2.00 e. The zero-order valence-corrected chi connectivity index (χ0v) is 41.1. The van der Waals surface area contributed by atoms with Crippen LogP contribution in [0.3, 0.4) is 0 Å². The molecule has 0 spiro atoms. The van der Waals surface area contributed by atoms with Gasteiger partial charge in [0, 0.05) is 39.8 Å². The Bertz CT molecular complexity index is 2620. The Hall–Kier alpha value is -6.50. The first-order valence-corrected chi connectivity index (χ1v) is 23.0. The molecule has 0 fully saturated rings. The van der Waals surface area contributed by atoms with E-state index in [-0.39, 0.29) is 27.7 Å². The minimum absolute atomic E-state index is 0. The van der Waals surface area contributed by atoms with Crippen molar-refractivity contribution >= 4 is 59.5 Å². The Morgan fingerprint density at radius 1 is 0.471 bits per heavy atom. The van der Waals surface area contributed by atoms with E-state index in [9.17, 15) is 9.90 Å². The molecule has 0 saturated heterocycles. The van der Waals surface area contributed by atoms with Crippen LogP contribution in [-0.2, 0) is 31.3 Å². The molecule has 9 aromatic rings. The third-order valence-electron chi connectivity index (χ3n) is 10.2. The van der Waals surface area contributed by atoms with Gasteiger partial charge < -0.3 is 28.4 Å². The number of carbonyl (C=O) groups is 1. The summed E-state index contributed by atoms with van der Waals surface area (Å²) in [4.78, 5) is 10.2. The topological polar surface area (TPSA) is 112 Å². The van der Waals surface area contributed by atoms with E-state index in [0.29, 0.717) is 0 Å². The van der Waals surface area contributed by atoms with Crippen molar-refractivity contribution in [2.75, 3.05) is 24.9 Å². The van der Waals surface area contributed by atoms with E-state index in [1.165, 1.54) is 14.2 Å². The van der Waals surface area contributed by atoms with Crippen LogP contribution in [0.15, 0.2) is 212 Å². The largest absolute Gasteiger partial charge is 2.00 e. The van der Waals surface area contributed by atoms with Gasteiger partial charge in [-0.3, -0.25) is 0 Å². The third kappa shape index (κ3) is 13.8. The standard InChI is InChI=1S/C45H34BN6.C5H8O4.2CH2Cl2.Fe/c1-7-19-34(20-8-1)40-31-43(37-25-13-4-14-26-37)50(47-40)46(51-44(38-27-15-5-16-28-38)32-41(48-51)35-21-9-2-10-22-35)52-45(39-29-17-6-18-30-39)33-42(49-52)36-23-11-3-12-24-36;1-8-4(6)3-5(7)9-2;2*2-1-3;/h1-33,46H;3,6H,1-2H3;2*1H2;/q-1;;;;+2/p-1/b;4-3+;;;. The molecule has 0 bridgehead atoms. The van der Waals surface area contributed by atoms with Crippen molar-refractivity contribution in [1.29, 1.82) is 0 Å². The summed E-state index contributed by atoms with van der Waals surface area (Å²) in [5.41, 5.74) is 11.9. The van der Waals surface area contributed by atoms with Gasteiger partial charge in [0.05, 0.1) is 40.8 Å². The van der Waals surface area contributed by atoms with Crippen LogP contribution < -0.4 is 5.11 Å². The maximum absolute atomic E-state index is 10.2. The summed E-state index contributed by atoms with van der Waals surface area (Å²) in [5.74, 6) is -1.41. The van der Waals surface area contributed by atoms with Crippen LogP contribution in [0.1, 0.15) is 0 Å². The van der Waals surface area contributed by atoms with Gasteiger partial charge in [-0.2, -0.15) is 0 Å². The zero-order valence-electron chi connectivity index (χ0n) is 36.9. The van der Waals surface area contributed by atoms with Crippen LogP contribution >= 0.6 is 46.4 Å². The number of hydrogen-bond donors (Lipinski definition) is 0. The Balaban J connectivity index is 0.000000474. The Labute approximate surface area is 426 Å². The monoisotopic (exact) mass is 1020 g/mol. The van der Waals surface area contributed by atoms with Crippen molar-refractivity contribution in [3.63, 3.8) is 0 Å². The first-order chi connectivity index (χ1) is 32.8. The predicted molar refractivity (Wildman–Crippen MR) is 273 cm³/mol. The molecule has 10 nitrogen and oxygen atoms in total. The molecule has 68 heavy (non-hydrogen) atoms. The van der Waals surface area contributed by atoms with Crippen molar-refractivity contribution in [2.24, 2.45) is 0 Å². The number of ether oxygens (including phenoxy) is 2. The molecule has 0 saturated carbocycles. The molecule has 16 heteroatoms. The van der Waals surface area contributed by atoms with Gasteiger partial charge in [-0.25, -0.2) is 20.1 Å². The van der Waals surface area contributed by atoms with Crippen LogP contribution in [0.25, 0.3) is 67.5 Å². The second-order valence-electron chi connectivity index (χ2n) is 14.3. The molecular formula is C52H45BCl4FeN6O4. The fourth-order valence-electron chi connectivity index (χ4n) is 7.27. The van der Waals surface area contributed by atoms with Gasteiger partial charge in [-0.05, 0) is 42.0 Å². The number of aromatic nitrogens is 6. The van der Waals surface area contributed by atoms with Crippen molar-refractivity contribution in [2.45, 2.75) is 0 Å². The smallest absolute Gasteiger partial charge is 0.616 e. The molecule has 0 aliphatic carbocycles. The number of benzene rings is 6. The summed E-state index contributed by atoms with van der Waals surface area (Å²) in [5, 5.41) is 27.0. The number of carbonyl (C=O) groups excluding carboxylic acids is 1. The van der Waals surface area contributed by atoms with E-state index >= 15 is 0 Å². The molecule has 3 heterocycles. The van der Waals surface area contributed by atoms with Gasteiger partial charge in [-0.1, -0.05) is 182 Å². The molecule has 0 atom stereocenters. The fraction of sp³-hybridized carbons (Fsp3) is 0.0769. The number of rotatable bonds is 11. The Morgan fingerprint density at radius 3 is 0.926 bits per heavy atom. The number of methoxy groups -OCH3 is 2. The summed E-state index contributed by atoms with van der Waals surface area (Å²) >= 11 is 19.1. The van der Waals surface area contributed by atoms with Gasteiger partial charge in [0.25, 0.3) is 0 Å². The van der Waals surface area contributed by atoms with Gasteiger partial charge in [0.15, 0.2) is 0 Å². The molecule has 0 amide bonds. The summed E-state index contributed by atoms with van der Waals surface area (Å²) in [7, 11) is 0.404. The average molecular weight is 1030 g/mol. The van der Waals surface area contributed by atoms with E-state index in [1.54, 1.807) is 0 Å². The molecule has 0 unspecified atom stereocenters. The number of esters is 1. The molecule has 0 N–H and O–H groups in total. The molecule has 0 radical (unpaired) electrons. The van der Waals surface area contributed by atoms with Crippen LogP contribution in [0.2, 0.25) is 0 Å². The molecule has 0 aliphatic heterocycles. The van der Waals surface area contributed by atoms with Crippen LogP contribution in [-0.4, -0.2) is 67.1 Å². The maximum atomic E-state index is 10.2. The number of nitrogens with zero attached hydrogens (tertiary/aromatic N) is 6. The Kier molecular flexibility index (Phi) is 21.1. The molecule has 3 aromatic heterocycles. The minimum atomic E-state index is -1.96. The van der Waals surface area contributed by atoms with Crippen molar-refractivity contribution in [3.05, 3.63) is 212 Å². The second kappa shape index (κ2) is 27.3. The molecule has 0 aliphatic rings. The quantitative estimate of drug-likeness (QED) is 0.0417. The molecule has 6 aromatic carbocycles. The summed E-state index contributed by atoms with van der Waals surface area (Å²) in [6, 6.07) is 69.2. The average Bonchev–Trinajstić information content (AvgIpc) is 4.15. The molecule has 346 valence electrons. The SMILES string of the molecule is COC(=O)/C=C(\[O-])OC.ClCCl.ClCCl.[Fe+2].c1ccc(-c2cc(-c3ccccc3)n([BH-](n3nc(-c4ccccc4)cc3-c3ccccc3)n3nc(-c4ccccc4)cc3-c3ccccc3)n2)cc1. The van der Waals surface area contributed by atoms with Gasteiger partial charge in [0.1, 0.15) is 0 Å². The zero-order chi connectivity index (χ0) is 47.4. The van der Waals surface area contributed by atoms with Crippen LogP contribution in [0, 0.1) is 0 Å². The predicted octanol–water partition coefficient (Wildman–Crippen LogP) is 11.8. The van der Waals surface area contributed by atoms with Crippen LogP contribution in [0.5, 0.6) is 0 Å². The van der Waals surface area contributed by atoms with E-state index < -0.39 is 19.0 Å². The summed E-state index contributed by atoms with van der Waals surface area (Å²) < 4.78 is 14.8. The Morgan fingerprint density at radius 2 is 0.706 bits per heavy atom. The first-order valence-electron chi connectivity index (χ1n) is 20.9. The van der Waals surface area contributed by atoms with Gasteiger partial charge in [0.2, 0.25) is 0 Å². The second-order valence-corrected chi connectivity index (χ2v) is 15.9. The van der Waals surface area contributed by atoms with E-state index in [4.69, 9.17) is 61.7 Å². The summed E-state index contributed by atoms with van der Waals surface area (Å²) in [6.07, 6.45) is 0.722. The fourth-order valence-corrected chi connectivity index (χ4v) is 7.27. The van der Waals surface area contributed by atoms with Crippen molar-refractivity contribution < 1.29 is 36.4 Å². The third-order valence-corrected chi connectivity index (χ3v) is 10.2. The first kappa shape index (κ1) is 52.5. The minimum Gasteiger partial charge on any atom is -0.616 e. The van der Waals surface area contributed by atoms with Crippen molar-refractivity contribution in [3.8, 4) is 67.5 Å². The number of halogens is 4. The van der Waals surface area contributed by atoms with Crippen molar-refractivity contribution in [1.82, 2.24) is 29.1 Å². The number of alkyl halides is 4. The van der Waals surface area contributed by atoms with Crippen LogP contribution in [0.4, 0.5) is 0 Å². The number of hydrogen-bond acceptors (Lipinski definition) is 7. The summed E-state index contributed by atoms with van der Waals surface area (Å²) in [6.45, 7) is 0. The van der Waals surface area contributed by atoms with E-state index in [1.807, 2.05) is 36.4 Å². The van der Waals surface area contributed by atoms with Gasteiger partial charge in [-0.15, -0.1) is 46.4 Å². The normalized spacial score (nSPS) is 10.5. The van der Waals surface area contributed by atoms with E-state index in [2.05, 4.69) is 187 Å². The molecular weight excluding hydrogens is 981 g/mol. The van der Waals surface area contributed by atoms with E-state index in [0.717, 1.165) is 73.6 Å². The molecule has 9 rings (SSSR count). The van der Waals surface area contributed by atoms with Gasteiger partial charge >= 0.3 is 30.2 Å².